The van der Waals surface area contributed by atoms with Gasteiger partial charge in [0.05, 0.1) is 0 Å². The predicted molar refractivity (Wildman–Crippen MR) is 181 cm³/mol. The minimum absolute atomic E-state index is 0.0777. The van der Waals surface area contributed by atoms with E-state index < -0.39 is 21.5 Å². The van der Waals surface area contributed by atoms with Gasteiger partial charge in [0.1, 0.15) is 0 Å². The van der Waals surface area contributed by atoms with Crippen LogP contribution in [0.3, 0.4) is 0 Å². The SMILES string of the molecule is CCC1=Cc2c(-c3ccccn3)ccc(C)c2[CH]1[Zr]([Cl])([Cl])([CH]1C(CC)=Cc2c(-c3ccccn3)ccc(C)c21)[SiH](C)C. The molecule has 0 fully saturated rings. The van der Waals surface area contributed by atoms with Crippen molar-refractivity contribution in [2.45, 2.75) is 60.9 Å². The summed E-state index contributed by atoms with van der Waals surface area (Å²) in [6.07, 6.45) is 10.5. The Morgan fingerprint density at radius 3 is 1.43 bits per heavy atom. The molecule has 0 bridgehead atoms. The Bertz CT molecular complexity index is 1620. The van der Waals surface area contributed by atoms with Crippen LogP contribution in [-0.2, 0) is 15.6 Å². The third-order valence-electron chi connectivity index (χ3n) is 9.89. The van der Waals surface area contributed by atoms with Gasteiger partial charge in [0.25, 0.3) is 0 Å². The molecule has 0 radical (unpaired) electrons. The van der Waals surface area contributed by atoms with Gasteiger partial charge in [-0.05, 0) is 0 Å². The molecule has 2 heterocycles. The summed E-state index contributed by atoms with van der Waals surface area (Å²) in [5, 5.41) is 0. The summed E-state index contributed by atoms with van der Waals surface area (Å²) in [6.45, 7) is 13.9. The van der Waals surface area contributed by atoms with Crippen molar-refractivity contribution in [3.8, 4) is 22.5 Å². The van der Waals surface area contributed by atoms with Gasteiger partial charge in [0.2, 0.25) is 0 Å². The summed E-state index contributed by atoms with van der Waals surface area (Å²) in [5.41, 5.74) is 15.0. The second kappa shape index (κ2) is 11.1. The fourth-order valence-electron chi connectivity index (χ4n) is 7.67. The Morgan fingerprint density at radius 1 is 0.667 bits per heavy atom. The summed E-state index contributed by atoms with van der Waals surface area (Å²) < 4.78 is 0.155. The van der Waals surface area contributed by atoms with Gasteiger partial charge in [-0.1, -0.05) is 0 Å². The van der Waals surface area contributed by atoms with Gasteiger partial charge in [-0.25, -0.2) is 0 Å². The van der Waals surface area contributed by atoms with E-state index in [1.54, 1.807) is 0 Å². The van der Waals surface area contributed by atoms with E-state index in [1.807, 2.05) is 24.5 Å². The van der Waals surface area contributed by atoms with E-state index in [0.717, 1.165) is 24.2 Å². The standard InChI is InChI=1S/2C17H16N.C2H7Si.2ClH.Zr/c2*1-3-13-10-15-12(2)7-8-14(16(15)11-13)17-6-4-5-9-18-17;1-3-2;;;/h2*4-11H,3H2,1-2H3;3H,1-2H3;2*1H;/q;;;;;+2/p-2. The molecule has 2 atom stereocenters. The average molecular weight is 690 g/mol. The van der Waals surface area contributed by atoms with Crippen molar-refractivity contribution >= 4 is 35.1 Å². The van der Waals surface area contributed by atoms with Crippen LogP contribution in [0.1, 0.15) is 67.3 Å². The Kier molecular flexibility index (Phi) is 7.93. The van der Waals surface area contributed by atoms with E-state index in [2.05, 4.69) is 101 Å². The molecule has 0 amide bonds. The molecule has 2 aromatic heterocycles. The number of hydrogen-bond acceptors (Lipinski definition) is 2. The molecule has 2 nitrogen and oxygen atoms in total. The maximum atomic E-state index is 8.61. The average Bonchev–Trinajstić information content (AvgIpc) is 3.60. The van der Waals surface area contributed by atoms with E-state index in [-0.39, 0.29) is 7.25 Å². The number of halogens is 2. The molecular formula is C36H39Cl2N2SiZr. The summed E-state index contributed by atoms with van der Waals surface area (Å²) in [5.74, 6) is -1.64. The number of aromatic nitrogens is 2. The van der Waals surface area contributed by atoms with Crippen molar-refractivity contribution in [2.24, 2.45) is 0 Å². The van der Waals surface area contributed by atoms with Gasteiger partial charge < -0.3 is 0 Å². The number of hydrogen-bond donors (Lipinski definition) is 0. The van der Waals surface area contributed by atoms with Crippen molar-refractivity contribution in [1.29, 1.82) is 0 Å². The molecule has 2 unspecified atom stereocenters. The molecule has 2 aliphatic rings. The fraction of sp³-hybridized carbons (Fsp3) is 0.278. The first-order valence-corrected chi connectivity index (χ1v) is 31.5. The molecule has 0 N–H and O–H groups in total. The number of fused-ring (bicyclic) bond motifs is 2. The zero-order valence-corrected chi connectivity index (χ0v) is 30.5. The first-order valence-electron chi connectivity index (χ1n) is 15.2. The summed E-state index contributed by atoms with van der Waals surface area (Å²) >= 11 is -4.83. The summed E-state index contributed by atoms with van der Waals surface area (Å²) in [7, 11) is 17.2. The minimum atomic E-state index is -4.83. The third kappa shape index (κ3) is 4.43. The normalized spacial score (nSPS) is 18.7. The van der Waals surface area contributed by atoms with Gasteiger partial charge in [-0.2, -0.15) is 0 Å². The number of nitrogens with zero attached hydrogens (tertiary/aromatic N) is 2. The van der Waals surface area contributed by atoms with Crippen LogP contribution >= 0.6 is 17.0 Å². The quantitative estimate of drug-likeness (QED) is 0.181. The Morgan fingerprint density at radius 2 is 1.10 bits per heavy atom. The summed E-state index contributed by atoms with van der Waals surface area (Å²) in [6, 6.07) is 21.3. The van der Waals surface area contributed by atoms with Crippen LogP contribution in [0.25, 0.3) is 34.7 Å². The number of aryl methyl sites for hydroxylation is 2. The van der Waals surface area contributed by atoms with Crippen LogP contribution in [0.4, 0.5) is 0 Å². The van der Waals surface area contributed by atoms with Crippen LogP contribution in [0, 0.1) is 13.8 Å². The van der Waals surface area contributed by atoms with E-state index >= 15 is 0 Å². The first-order chi connectivity index (χ1) is 20.1. The molecule has 4 aromatic rings. The van der Waals surface area contributed by atoms with E-state index in [1.165, 1.54) is 55.7 Å². The zero-order chi connectivity index (χ0) is 29.8. The van der Waals surface area contributed by atoms with Crippen LogP contribution in [0.15, 0.2) is 84.2 Å². The first kappa shape index (κ1) is 29.9. The van der Waals surface area contributed by atoms with Gasteiger partial charge in [0.15, 0.2) is 0 Å². The Labute approximate surface area is 259 Å². The molecule has 215 valence electrons. The van der Waals surface area contributed by atoms with Crippen LogP contribution in [-0.4, -0.2) is 15.9 Å². The number of allylic oxidation sites excluding steroid dienone is 2. The van der Waals surface area contributed by atoms with Crippen LogP contribution in [0.5, 0.6) is 0 Å². The molecule has 6 heteroatoms. The van der Waals surface area contributed by atoms with Crippen molar-refractivity contribution in [3.63, 3.8) is 0 Å². The topological polar surface area (TPSA) is 25.8 Å². The molecule has 2 aliphatic carbocycles. The monoisotopic (exact) mass is 687 g/mol. The van der Waals surface area contributed by atoms with E-state index in [9.17, 15) is 0 Å². The molecule has 6 rings (SSSR count). The number of benzene rings is 2. The molecule has 0 saturated carbocycles. The Balaban J connectivity index is 1.64. The van der Waals surface area contributed by atoms with Gasteiger partial charge in [0, 0.05) is 0 Å². The van der Waals surface area contributed by atoms with Gasteiger partial charge >= 0.3 is 262 Å². The van der Waals surface area contributed by atoms with Crippen molar-refractivity contribution in [1.82, 2.24) is 9.97 Å². The maximum absolute atomic E-state index is 8.61. The number of pyridine rings is 2. The molecule has 0 aliphatic heterocycles. The Hall–Kier alpha value is -2.10. The van der Waals surface area contributed by atoms with Crippen molar-refractivity contribution in [2.75, 3.05) is 0 Å². The second-order valence-electron chi connectivity index (χ2n) is 12.3. The predicted octanol–water partition coefficient (Wildman–Crippen LogP) is 10.8. The van der Waals surface area contributed by atoms with Crippen LogP contribution < -0.4 is 0 Å². The summed E-state index contributed by atoms with van der Waals surface area (Å²) in [4.78, 5) is 9.49. The van der Waals surface area contributed by atoms with E-state index in [0.29, 0.717) is 0 Å². The molecule has 0 spiro atoms. The second-order valence-corrected chi connectivity index (χ2v) is 54.8. The van der Waals surface area contributed by atoms with Crippen LogP contribution in [0.2, 0.25) is 13.1 Å². The molecule has 2 aromatic carbocycles. The zero-order valence-electron chi connectivity index (χ0n) is 25.4. The third-order valence-corrected chi connectivity index (χ3v) is 61.6. The fourth-order valence-corrected chi connectivity index (χ4v) is 39.6. The van der Waals surface area contributed by atoms with E-state index in [4.69, 9.17) is 27.0 Å². The number of rotatable bonds is 7. The van der Waals surface area contributed by atoms with Crippen molar-refractivity contribution in [3.05, 3.63) is 118 Å². The van der Waals surface area contributed by atoms with Gasteiger partial charge in [-0.15, -0.1) is 0 Å². The molecular weight excluding hydrogens is 651 g/mol. The van der Waals surface area contributed by atoms with Gasteiger partial charge in [-0.3, -0.25) is 0 Å². The molecule has 42 heavy (non-hydrogen) atoms. The molecule has 0 saturated heterocycles. The van der Waals surface area contributed by atoms with Crippen molar-refractivity contribution < 1.29 is 15.6 Å².